The third kappa shape index (κ3) is 11.8. The largest absolute Gasteiger partial charge is 0.510 e. The molecule has 0 spiro atoms. The van der Waals surface area contributed by atoms with Crippen molar-refractivity contribution in [1.29, 1.82) is 0 Å². The van der Waals surface area contributed by atoms with Crippen molar-refractivity contribution in [2.75, 3.05) is 0 Å². The molecule has 3 heterocycles. The molecule has 0 atom stereocenters. The predicted molar refractivity (Wildman–Crippen MR) is 434 cm³/mol. The van der Waals surface area contributed by atoms with Gasteiger partial charge in [-0.1, -0.05) is 344 Å². The minimum Gasteiger partial charge on any atom is -0.510 e. The Balaban J connectivity index is 0.0000164. The van der Waals surface area contributed by atoms with E-state index in [1.165, 1.54) is 34.9 Å². The summed E-state index contributed by atoms with van der Waals surface area (Å²) in [6, 6.07) is -33.1. The molecule has 3 aromatic heterocycles. The van der Waals surface area contributed by atoms with Crippen molar-refractivity contribution in [3.05, 3.63) is 417 Å². The van der Waals surface area contributed by atoms with E-state index in [0.717, 1.165) is 51.7 Å². The molecule has 0 saturated heterocycles. The second-order valence-electron chi connectivity index (χ2n) is 22.7. The fourth-order valence-corrected chi connectivity index (χ4v) is 19.8. The summed E-state index contributed by atoms with van der Waals surface area (Å²) in [5.74, 6) is -0.550. The maximum Gasteiger partial charge on any atom is 0.268 e. The van der Waals surface area contributed by atoms with Gasteiger partial charge in [0.05, 0.1) is 82.5 Å². The summed E-state index contributed by atoms with van der Waals surface area (Å²) in [6.07, 6.45) is 4.19. The SMILES string of the molecule is [2H]c1c([2H])c([2H])c(-c2ccc3c(c2)n(-c2[c-]c(Oc4[c-]c5c(cc4)c4ccccc4n5-c4cc(C([2H])([2H])[2H])c(-c5c([2H])c([2H])c([2H])c([2H])c5[2H])cn4)ccc2)[c-][n+]3-c2c(-c3c([2H])c([2H])c([2H])c([Si](c4c([2H])c([2H])c([2H])c([2H])c4[2H])(c4c([2H])c([2H])c([2H])c([2H])c4[2H])c4c([2H])c([2H])c([2H])c([2H])c4[2H])c3[2H])cccc2-c2c([2H])c([2H])c([2H])c([Si](c3c([2H])c([2H])c([2H])c([2H])c3[2H])(c3c([2H])c([2H])c([2H])c([2H])c3[2H])c3c([2H])c([2H])c([2H])c([2H])c3[2H])c2[2H])c([2H])c1[2H].[Pt]. The van der Waals surface area contributed by atoms with E-state index in [1.807, 2.05) is 0 Å². The minimum atomic E-state index is -6.91. The predicted octanol–water partition coefficient (Wildman–Crippen LogP) is 17.3. The van der Waals surface area contributed by atoms with Crippen LogP contribution in [0.4, 0.5) is 0 Å². The zero-order valence-corrected chi connectivity index (χ0v) is 57.6. The third-order valence-corrected chi connectivity index (χ3v) is 25.2. The molecule has 0 radical (unpaired) electrons. The molecule has 8 heteroatoms. The van der Waals surface area contributed by atoms with Gasteiger partial charge < -0.3 is 13.9 Å². The Bertz CT molecular complexity index is 8510. The van der Waals surface area contributed by atoms with E-state index in [9.17, 15) is 46.6 Å². The zero-order chi connectivity index (χ0) is 114. The average Bonchev–Trinajstić information content (AvgIpc) is 1.58. The van der Waals surface area contributed by atoms with Crippen LogP contribution in [-0.2, 0) is 21.1 Å². The van der Waals surface area contributed by atoms with Crippen molar-refractivity contribution in [3.63, 3.8) is 0 Å². The van der Waals surface area contributed by atoms with Gasteiger partial charge in [-0.3, -0.25) is 4.57 Å². The molecule has 0 fully saturated rings. The van der Waals surface area contributed by atoms with E-state index < -0.39 is 405 Å². The van der Waals surface area contributed by atoms with E-state index in [-0.39, 0.29) is 66.2 Å². The number of aromatic nitrogens is 4. The summed E-state index contributed by atoms with van der Waals surface area (Å²) < 4.78 is 497. The maximum atomic E-state index is 11.4. The van der Waals surface area contributed by atoms with Gasteiger partial charge in [0, 0.05) is 54.0 Å². The number of aryl methyl sites for hydroxylation is 1. The number of hydrogen-bond acceptors (Lipinski definition) is 2. The van der Waals surface area contributed by atoms with Gasteiger partial charge in [-0.15, -0.1) is 29.7 Å². The van der Waals surface area contributed by atoms with Gasteiger partial charge in [0.1, 0.15) is 5.82 Å². The normalized spacial score (nSPS) is 18.5. The molecule has 18 rings (SSSR count). The number of benzene rings is 15. The molecule has 18 aromatic rings. The third-order valence-electron chi connectivity index (χ3n) is 17.2. The number of imidazole rings is 1. The second kappa shape index (κ2) is 28.5. The summed E-state index contributed by atoms with van der Waals surface area (Å²) in [6.45, 7) is -3.07. The topological polar surface area (TPSA) is 35.9 Å². The van der Waals surface area contributed by atoms with Gasteiger partial charge in [0.2, 0.25) is 0 Å². The van der Waals surface area contributed by atoms with E-state index >= 15 is 0 Å². The van der Waals surface area contributed by atoms with Crippen molar-refractivity contribution in [3.8, 4) is 73.2 Å². The quantitative estimate of drug-likeness (QED) is 0.0394. The number of rotatable bonds is 17. The number of nitrogens with zero attached hydrogens (tertiary/aromatic N) is 4. The van der Waals surface area contributed by atoms with Gasteiger partial charge >= 0.3 is 0 Å². The second-order valence-corrected chi connectivity index (χ2v) is 29.7. The van der Waals surface area contributed by atoms with Crippen LogP contribution in [-0.4, -0.2) is 30.3 Å². The van der Waals surface area contributed by atoms with Crippen LogP contribution in [0.1, 0.15) is 75.5 Å². The van der Waals surface area contributed by atoms with Crippen molar-refractivity contribution in [2.24, 2.45) is 0 Å². The van der Waals surface area contributed by atoms with E-state index in [2.05, 4.69) is 23.4 Å². The number of hydrogen-bond donors (Lipinski definition) is 0. The van der Waals surface area contributed by atoms with E-state index in [1.54, 1.807) is 30.3 Å². The fraction of sp³-hybridized carbons (Fsp3) is 0.0103. The molecule has 0 amide bonds. The Kier molecular flexibility index (Phi) is 8.28. The molecule has 0 aliphatic heterocycles. The number of pyridine rings is 1. The summed E-state index contributed by atoms with van der Waals surface area (Å²) >= 11 is 0. The minimum absolute atomic E-state index is 0. The van der Waals surface area contributed by atoms with Crippen LogP contribution in [0.25, 0.3) is 94.5 Å². The van der Waals surface area contributed by atoms with Crippen LogP contribution >= 0.6 is 0 Å². The maximum absolute atomic E-state index is 11.4. The molecule has 105 heavy (non-hydrogen) atoms. The van der Waals surface area contributed by atoms with Gasteiger partial charge in [-0.05, 0) is 122 Å². The van der Waals surface area contributed by atoms with Crippen molar-refractivity contribution in [2.45, 2.75) is 6.85 Å². The van der Waals surface area contributed by atoms with Gasteiger partial charge in [0.25, 0.3) is 6.33 Å². The first-order valence-corrected chi connectivity index (χ1v) is 35.2. The molecule has 0 bridgehead atoms. The van der Waals surface area contributed by atoms with Gasteiger partial charge in [0.15, 0.2) is 16.1 Å². The summed E-state index contributed by atoms with van der Waals surface area (Å²) in [7, 11) is -13.8. The molecular weight excluding hydrogens is 1490 g/mol. The van der Waals surface area contributed by atoms with Crippen molar-refractivity contribution in [1.82, 2.24) is 14.1 Å². The number of para-hydroxylation sites is 2. The van der Waals surface area contributed by atoms with Crippen LogP contribution in [0.2, 0.25) is 0 Å². The molecular formula is C97H68N4OPtSi2-2. The molecule has 0 N–H and O–H groups in total. The van der Waals surface area contributed by atoms with Crippen molar-refractivity contribution < 1.29 is 100 Å². The van der Waals surface area contributed by atoms with Gasteiger partial charge in [-0.2, -0.15) is 18.2 Å². The monoisotopic (exact) mass is 1610 g/mol. The summed E-state index contributed by atoms with van der Waals surface area (Å²) in [5, 5.41) is -9.81. The summed E-state index contributed by atoms with van der Waals surface area (Å²) in [4.78, 5) is 4.66. The molecule has 5 nitrogen and oxygen atoms in total. The molecule has 15 aromatic carbocycles. The number of ether oxygens (including phenoxy) is 1. The van der Waals surface area contributed by atoms with Gasteiger partial charge in [-0.25, -0.2) is 4.98 Å². The van der Waals surface area contributed by atoms with Crippen LogP contribution in [0.5, 0.6) is 11.5 Å². The Labute approximate surface area is 700 Å². The van der Waals surface area contributed by atoms with E-state index in [0.29, 0.717) is 16.3 Å². The molecule has 502 valence electrons. The van der Waals surface area contributed by atoms with Crippen LogP contribution in [0.15, 0.2) is 393 Å². The molecule has 0 unspecified atom stereocenters. The molecule has 0 aliphatic carbocycles. The Morgan fingerprint density at radius 3 is 1.38 bits per heavy atom. The first-order chi connectivity index (χ1) is 72.6. The van der Waals surface area contributed by atoms with Crippen LogP contribution in [0, 0.1) is 25.3 Å². The van der Waals surface area contributed by atoms with E-state index in [4.69, 9.17) is 28.0 Å². The smallest absolute Gasteiger partial charge is 0.268 e. The first-order valence-electron chi connectivity index (χ1n) is 56.7. The zero-order valence-electron chi connectivity index (χ0n) is 104. The number of fused-ring (bicyclic) bond motifs is 4. The summed E-state index contributed by atoms with van der Waals surface area (Å²) in [5.41, 5.74) is -7.59. The Hall–Kier alpha value is -12.4. The standard InChI is InChI=1S/C97H68N4OSi2.Pt/c1-70-62-96(98-68-91(70)72-34-12-3-13-35-72)101-92-57-27-26-54-89(92)90-60-59-78(67-94(90)101)102-77-39-30-38-76(66-77)99-69-100(93-61-58-73(65-95(93)99)71-32-10-2-11-33-71)97-87(74-36-28-52-85(63-74)103(79-40-14-4-15-41-79,80-42-16-5-17-43-80)81-44-18-6-19-45-81)55-31-56-88(97)75-37-29-53-86(64-75)104(82-46-20-7-21-47-82,83-48-22-8-23-49-83)84-50-24-9-25-51-84;/h2-65,68H,1H3;/q-2;/i1D3,2D,3D,4D,5D,6D,7D,8D,9D,10D,11D,12D,13D,14D,15D,16D,17D,18D,19D,20D,21D,22D,23D,24D,25D,28D,29D,32D,33D,34D,35D,36D,37D,40D,41D,42D,43D,44D,45D,46D,47D,48D,49D,50D,51D,52D,53D,63D,64D;. The van der Waals surface area contributed by atoms with Crippen LogP contribution in [0.3, 0.4) is 0 Å². The molecule has 0 aliphatic rings. The average molecular weight is 1610 g/mol. The first kappa shape index (κ1) is 30.5. The van der Waals surface area contributed by atoms with Crippen molar-refractivity contribution >= 4 is 90.5 Å². The Morgan fingerprint density at radius 1 is 0.390 bits per heavy atom. The van der Waals surface area contributed by atoms with Crippen LogP contribution < -0.4 is 50.8 Å². The fourth-order valence-electron chi connectivity index (χ4n) is 12.7. The Morgan fingerprint density at radius 2 is 0.857 bits per heavy atom. The molecule has 0 saturated carbocycles.